The van der Waals surface area contributed by atoms with Crippen molar-refractivity contribution in [2.45, 2.75) is 26.7 Å². The van der Waals surface area contributed by atoms with Crippen LogP contribution in [0.3, 0.4) is 0 Å². The standard InChI is InChI=1S/C22H24BrNO5/c1-3-5-11-29-20-17(23)12-15(14-19(20)28-4-2)13-18(22(26)27)24-21(25)16-9-7-6-8-10-16/h6-10,12-14H,3-5,11H2,1-2H3,(H,24,25)(H,26,27)/b18-13+. The number of aliphatic carboxylic acids is 1. The molecule has 2 rings (SSSR count). The van der Waals surface area contributed by atoms with E-state index in [0.29, 0.717) is 40.3 Å². The molecule has 0 heterocycles. The van der Waals surface area contributed by atoms with E-state index in [9.17, 15) is 14.7 Å². The molecule has 29 heavy (non-hydrogen) atoms. The van der Waals surface area contributed by atoms with Crippen LogP contribution in [0.1, 0.15) is 42.6 Å². The van der Waals surface area contributed by atoms with E-state index in [2.05, 4.69) is 28.2 Å². The SMILES string of the molecule is CCCCOc1c(Br)cc(/C=C(/NC(=O)c2ccccc2)C(=O)O)cc1OCC. The maximum atomic E-state index is 12.3. The van der Waals surface area contributed by atoms with Crippen LogP contribution < -0.4 is 14.8 Å². The molecule has 0 spiro atoms. The Morgan fingerprint density at radius 3 is 2.48 bits per heavy atom. The highest BCUT2D eigenvalue weighted by molar-refractivity contribution is 9.10. The largest absolute Gasteiger partial charge is 0.490 e. The highest BCUT2D eigenvalue weighted by atomic mass is 79.9. The number of carbonyl (C=O) groups is 2. The van der Waals surface area contributed by atoms with E-state index in [-0.39, 0.29) is 5.70 Å². The van der Waals surface area contributed by atoms with Crippen LogP contribution in [0.5, 0.6) is 11.5 Å². The van der Waals surface area contributed by atoms with Gasteiger partial charge in [-0.2, -0.15) is 0 Å². The van der Waals surface area contributed by atoms with Crippen LogP contribution in [0.4, 0.5) is 0 Å². The zero-order chi connectivity index (χ0) is 21.2. The maximum absolute atomic E-state index is 12.3. The number of carboxylic acid groups (broad SMARTS) is 1. The van der Waals surface area contributed by atoms with Crippen molar-refractivity contribution in [3.05, 3.63) is 63.8 Å². The molecule has 0 aliphatic carbocycles. The first-order valence-corrected chi connectivity index (χ1v) is 10.2. The van der Waals surface area contributed by atoms with Crippen LogP contribution in [-0.4, -0.2) is 30.2 Å². The lowest BCUT2D eigenvalue weighted by Gasteiger charge is -2.15. The van der Waals surface area contributed by atoms with E-state index in [0.717, 1.165) is 12.8 Å². The summed E-state index contributed by atoms with van der Waals surface area (Å²) < 4.78 is 12.1. The van der Waals surface area contributed by atoms with Crippen LogP contribution in [0.15, 0.2) is 52.6 Å². The van der Waals surface area contributed by atoms with E-state index < -0.39 is 11.9 Å². The Labute approximate surface area is 178 Å². The summed E-state index contributed by atoms with van der Waals surface area (Å²) in [5, 5.41) is 12.0. The van der Waals surface area contributed by atoms with Gasteiger partial charge in [-0.25, -0.2) is 4.79 Å². The molecule has 0 saturated carbocycles. The van der Waals surface area contributed by atoms with E-state index >= 15 is 0 Å². The summed E-state index contributed by atoms with van der Waals surface area (Å²) in [6.07, 6.45) is 3.30. The third-order valence-electron chi connectivity index (χ3n) is 3.90. The molecule has 0 unspecified atom stereocenters. The highest BCUT2D eigenvalue weighted by Crippen LogP contribution is 2.37. The van der Waals surface area contributed by atoms with Crippen LogP contribution in [0.2, 0.25) is 0 Å². The minimum atomic E-state index is -1.24. The van der Waals surface area contributed by atoms with E-state index in [1.807, 2.05) is 6.92 Å². The normalized spacial score (nSPS) is 11.1. The monoisotopic (exact) mass is 461 g/mol. The predicted molar refractivity (Wildman–Crippen MR) is 115 cm³/mol. The van der Waals surface area contributed by atoms with Crippen molar-refractivity contribution in [2.75, 3.05) is 13.2 Å². The average molecular weight is 462 g/mol. The zero-order valence-electron chi connectivity index (χ0n) is 16.4. The molecule has 0 atom stereocenters. The summed E-state index contributed by atoms with van der Waals surface area (Å²) in [6.45, 7) is 4.92. The minimum absolute atomic E-state index is 0.243. The smallest absolute Gasteiger partial charge is 0.352 e. The molecule has 0 radical (unpaired) electrons. The number of ether oxygens (including phenoxy) is 2. The minimum Gasteiger partial charge on any atom is -0.490 e. The van der Waals surface area contributed by atoms with Gasteiger partial charge in [0, 0.05) is 5.56 Å². The second-order valence-corrected chi connectivity index (χ2v) is 7.00. The number of nitrogens with one attached hydrogen (secondary N) is 1. The molecular weight excluding hydrogens is 438 g/mol. The second-order valence-electron chi connectivity index (χ2n) is 6.15. The molecular formula is C22H24BrNO5. The molecule has 0 fully saturated rings. The van der Waals surface area contributed by atoms with Crippen LogP contribution in [0.25, 0.3) is 6.08 Å². The lowest BCUT2D eigenvalue weighted by atomic mass is 10.1. The summed E-state index contributed by atoms with van der Waals surface area (Å²) in [5.74, 6) is -0.666. The Kier molecular flexibility index (Phi) is 8.73. The van der Waals surface area contributed by atoms with Gasteiger partial charge < -0.3 is 19.9 Å². The molecule has 1 amide bonds. The van der Waals surface area contributed by atoms with Crippen LogP contribution in [-0.2, 0) is 4.79 Å². The molecule has 0 bridgehead atoms. The van der Waals surface area contributed by atoms with Crippen molar-refractivity contribution in [1.29, 1.82) is 0 Å². The fraction of sp³-hybridized carbons (Fsp3) is 0.273. The quantitative estimate of drug-likeness (QED) is 0.388. The van der Waals surface area contributed by atoms with Crippen molar-refractivity contribution in [1.82, 2.24) is 5.32 Å². The van der Waals surface area contributed by atoms with Gasteiger partial charge in [0.2, 0.25) is 0 Å². The molecule has 0 saturated heterocycles. The van der Waals surface area contributed by atoms with Gasteiger partial charge in [0.25, 0.3) is 5.91 Å². The Bertz CT molecular complexity index is 880. The molecule has 154 valence electrons. The first kappa shape index (κ1) is 22.5. The van der Waals surface area contributed by atoms with Crippen molar-refractivity contribution in [3.8, 4) is 11.5 Å². The van der Waals surface area contributed by atoms with Gasteiger partial charge in [-0.3, -0.25) is 4.79 Å². The summed E-state index contributed by atoms with van der Waals surface area (Å²) in [7, 11) is 0. The number of unbranched alkanes of at least 4 members (excludes halogenated alkanes) is 1. The highest BCUT2D eigenvalue weighted by Gasteiger charge is 2.16. The fourth-order valence-electron chi connectivity index (χ4n) is 2.49. The fourth-order valence-corrected chi connectivity index (χ4v) is 3.07. The summed E-state index contributed by atoms with van der Waals surface area (Å²) >= 11 is 3.47. The Balaban J connectivity index is 2.32. The first-order valence-electron chi connectivity index (χ1n) is 9.36. The molecule has 0 aromatic heterocycles. The number of carbonyl (C=O) groups excluding carboxylic acids is 1. The lowest BCUT2D eigenvalue weighted by molar-refractivity contribution is -0.132. The van der Waals surface area contributed by atoms with Gasteiger partial charge in [-0.1, -0.05) is 31.5 Å². The molecule has 2 aromatic carbocycles. The third kappa shape index (κ3) is 6.64. The predicted octanol–water partition coefficient (Wildman–Crippen LogP) is 4.88. The van der Waals surface area contributed by atoms with Gasteiger partial charge in [-0.05, 0) is 65.2 Å². The summed E-state index contributed by atoms with van der Waals surface area (Å²) in [6, 6.07) is 11.8. The lowest BCUT2D eigenvalue weighted by Crippen LogP contribution is -2.27. The molecule has 7 heteroatoms. The Hall–Kier alpha value is -2.80. The van der Waals surface area contributed by atoms with Crippen molar-refractivity contribution >= 4 is 33.9 Å². The zero-order valence-corrected chi connectivity index (χ0v) is 18.0. The van der Waals surface area contributed by atoms with Crippen molar-refractivity contribution < 1.29 is 24.2 Å². The molecule has 2 aromatic rings. The van der Waals surface area contributed by atoms with Gasteiger partial charge in [-0.15, -0.1) is 0 Å². The third-order valence-corrected chi connectivity index (χ3v) is 4.49. The Morgan fingerprint density at radius 2 is 1.86 bits per heavy atom. The number of rotatable bonds is 10. The molecule has 0 aliphatic rings. The number of amides is 1. The van der Waals surface area contributed by atoms with Crippen molar-refractivity contribution in [2.24, 2.45) is 0 Å². The van der Waals surface area contributed by atoms with Gasteiger partial charge in [0.05, 0.1) is 17.7 Å². The number of hydrogen-bond acceptors (Lipinski definition) is 4. The number of benzene rings is 2. The summed E-state index contributed by atoms with van der Waals surface area (Å²) in [4.78, 5) is 24.0. The number of halogens is 1. The molecule has 2 N–H and O–H groups in total. The van der Waals surface area contributed by atoms with E-state index in [1.54, 1.807) is 42.5 Å². The molecule has 0 aliphatic heterocycles. The van der Waals surface area contributed by atoms with Crippen LogP contribution >= 0.6 is 15.9 Å². The molecule has 6 nitrogen and oxygen atoms in total. The second kappa shape index (κ2) is 11.3. The van der Waals surface area contributed by atoms with E-state index in [4.69, 9.17) is 9.47 Å². The van der Waals surface area contributed by atoms with Gasteiger partial charge in [0.1, 0.15) is 5.70 Å². The number of carboxylic acids is 1. The summed E-state index contributed by atoms with van der Waals surface area (Å²) in [5.41, 5.74) is 0.678. The van der Waals surface area contributed by atoms with Gasteiger partial charge >= 0.3 is 5.97 Å². The maximum Gasteiger partial charge on any atom is 0.352 e. The van der Waals surface area contributed by atoms with E-state index in [1.165, 1.54) is 6.08 Å². The van der Waals surface area contributed by atoms with Crippen LogP contribution in [0, 0.1) is 0 Å². The first-order chi connectivity index (χ1) is 14.0. The average Bonchev–Trinajstić information content (AvgIpc) is 2.70. The topological polar surface area (TPSA) is 84.9 Å². The van der Waals surface area contributed by atoms with Gasteiger partial charge in [0.15, 0.2) is 11.5 Å². The van der Waals surface area contributed by atoms with Crippen molar-refractivity contribution in [3.63, 3.8) is 0 Å². The number of hydrogen-bond donors (Lipinski definition) is 2. The Morgan fingerprint density at radius 1 is 1.14 bits per heavy atom.